The van der Waals surface area contributed by atoms with Crippen LogP contribution in [-0.2, 0) is 11.2 Å². The van der Waals surface area contributed by atoms with E-state index in [0.29, 0.717) is 16.6 Å². The zero-order chi connectivity index (χ0) is 20.2. The van der Waals surface area contributed by atoms with Crippen LogP contribution in [0.5, 0.6) is 5.75 Å². The number of hydrogen-bond acceptors (Lipinski definition) is 6. The van der Waals surface area contributed by atoms with Crippen molar-refractivity contribution in [3.63, 3.8) is 0 Å². The summed E-state index contributed by atoms with van der Waals surface area (Å²) in [6.45, 7) is 2.11. The van der Waals surface area contributed by atoms with Crippen LogP contribution >= 0.6 is 11.8 Å². The fourth-order valence-corrected chi connectivity index (χ4v) is 4.45. The molecule has 2 atom stereocenters. The van der Waals surface area contributed by atoms with Crippen molar-refractivity contribution in [2.24, 2.45) is 0 Å². The van der Waals surface area contributed by atoms with Gasteiger partial charge >= 0.3 is 0 Å². The van der Waals surface area contributed by atoms with Gasteiger partial charge in [-0.25, -0.2) is 4.68 Å². The minimum atomic E-state index is -0.423. The second-order valence-corrected chi connectivity index (χ2v) is 7.84. The van der Waals surface area contributed by atoms with Gasteiger partial charge in [-0.1, -0.05) is 61.2 Å². The van der Waals surface area contributed by atoms with E-state index in [2.05, 4.69) is 27.9 Å². The number of carbonyl (C=O) groups is 1. The standard InChI is InChI=1S/C21H23N5O2S/c1-3-9-17-23-24-21-26(17)25-18(14-10-5-4-6-11-14)19(29-21)20(27)22-15-12-7-8-13-16(15)28-2/h4-8,10-13,18-19,25H,3,9H2,1-2H3,(H,22,27)/t18-,19-/m0/s1. The fraction of sp³-hybridized carbons (Fsp3) is 0.286. The summed E-state index contributed by atoms with van der Waals surface area (Å²) in [4.78, 5) is 13.3. The number of ether oxygens (including phenoxy) is 1. The number of carbonyl (C=O) groups excluding carboxylic acids is 1. The molecule has 2 aromatic carbocycles. The molecule has 7 nitrogen and oxygen atoms in total. The zero-order valence-corrected chi connectivity index (χ0v) is 17.1. The van der Waals surface area contributed by atoms with E-state index in [1.807, 2.05) is 59.3 Å². The number of anilines is 1. The van der Waals surface area contributed by atoms with Crippen molar-refractivity contribution in [1.29, 1.82) is 0 Å². The number of thioether (sulfide) groups is 1. The van der Waals surface area contributed by atoms with Gasteiger partial charge in [0.15, 0.2) is 5.82 Å². The summed E-state index contributed by atoms with van der Waals surface area (Å²) in [5.74, 6) is 1.38. The predicted octanol–water partition coefficient (Wildman–Crippen LogP) is 3.64. The molecule has 0 saturated carbocycles. The lowest BCUT2D eigenvalue weighted by molar-refractivity contribution is -0.116. The number of nitrogens with one attached hydrogen (secondary N) is 2. The summed E-state index contributed by atoms with van der Waals surface area (Å²) in [5, 5.41) is 11.9. The molecular formula is C21H23N5O2S. The predicted molar refractivity (Wildman–Crippen MR) is 114 cm³/mol. The van der Waals surface area contributed by atoms with Gasteiger partial charge < -0.3 is 15.5 Å². The molecule has 0 fully saturated rings. The first kappa shape index (κ1) is 19.3. The molecule has 0 unspecified atom stereocenters. The van der Waals surface area contributed by atoms with Crippen LogP contribution in [0.25, 0.3) is 0 Å². The van der Waals surface area contributed by atoms with Gasteiger partial charge in [0.2, 0.25) is 11.1 Å². The largest absolute Gasteiger partial charge is 0.495 e. The number of benzene rings is 2. The molecule has 1 aromatic heterocycles. The smallest absolute Gasteiger partial charge is 0.240 e. The van der Waals surface area contributed by atoms with Crippen LogP contribution in [-0.4, -0.2) is 33.1 Å². The van der Waals surface area contributed by atoms with Crippen molar-refractivity contribution in [3.8, 4) is 5.75 Å². The normalized spacial score (nSPS) is 17.9. The highest BCUT2D eigenvalue weighted by Crippen LogP contribution is 2.38. The Balaban J connectivity index is 1.66. The highest BCUT2D eigenvalue weighted by molar-refractivity contribution is 8.00. The van der Waals surface area contributed by atoms with Crippen molar-refractivity contribution in [3.05, 3.63) is 66.0 Å². The lowest BCUT2D eigenvalue weighted by Crippen LogP contribution is -2.41. The summed E-state index contributed by atoms with van der Waals surface area (Å²) >= 11 is 1.42. The number of hydrogen-bond donors (Lipinski definition) is 2. The van der Waals surface area contributed by atoms with E-state index >= 15 is 0 Å². The molecule has 1 aliphatic heterocycles. The summed E-state index contributed by atoms with van der Waals surface area (Å²) in [5.41, 5.74) is 5.14. The number of para-hydroxylation sites is 2. The number of rotatable bonds is 6. The average molecular weight is 410 g/mol. The van der Waals surface area contributed by atoms with Gasteiger partial charge in [-0.3, -0.25) is 4.79 Å². The first-order valence-corrected chi connectivity index (χ1v) is 10.5. The van der Waals surface area contributed by atoms with Gasteiger partial charge in [-0.15, -0.1) is 10.2 Å². The van der Waals surface area contributed by atoms with Gasteiger partial charge in [-0.05, 0) is 24.1 Å². The average Bonchev–Trinajstić information content (AvgIpc) is 3.16. The second kappa shape index (κ2) is 8.57. The molecule has 8 heteroatoms. The Morgan fingerprint density at radius 3 is 2.69 bits per heavy atom. The van der Waals surface area contributed by atoms with E-state index in [1.165, 1.54) is 11.8 Å². The maximum Gasteiger partial charge on any atom is 0.240 e. The van der Waals surface area contributed by atoms with Crippen LogP contribution < -0.4 is 15.5 Å². The Bertz CT molecular complexity index is 992. The van der Waals surface area contributed by atoms with Crippen molar-refractivity contribution in [1.82, 2.24) is 14.9 Å². The first-order chi connectivity index (χ1) is 14.2. The molecule has 150 valence electrons. The Morgan fingerprint density at radius 1 is 1.17 bits per heavy atom. The first-order valence-electron chi connectivity index (χ1n) is 9.57. The van der Waals surface area contributed by atoms with Gasteiger partial charge in [0.05, 0.1) is 18.8 Å². The van der Waals surface area contributed by atoms with Gasteiger partial charge in [-0.2, -0.15) is 0 Å². The zero-order valence-electron chi connectivity index (χ0n) is 16.3. The topological polar surface area (TPSA) is 81.1 Å². The molecule has 0 bridgehead atoms. The van der Waals surface area contributed by atoms with Crippen LogP contribution in [0.4, 0.5) is 5.69 Å². The van der Waals surface area contributed by atoms with Crippen molar-refractivity contribution < 1.29 is 9.53 Å². The van der Waals surface area contributed by atoms with Gasteiger partial charge in [0.25, 0.3) is 0 Å². The van der Waals surface area contributed by atoms with E-state index in [0.717, 1.165) is 24.2 Å². The minimum Gasteiger partial charge on any atom is -0.495 e. The molecule has 4 rings (SSSR count). The molecule has 0 radical (unpaired) electrons. The number of fused-ring (bicyclic) bond motifs is 1. The SMILES string of the molecule is CCCc1nnc2n1N[C@@H](c1ccccc1)[C@@H](C(=O)Nc1ccccc1OC)S2. The molecule has 0 spiro atoms. The van der Waals surface area contributed by atoms with E-state index < -0.39 is 5.25 Å². The fourth-order valence-electron chi connectivity index (χ4n) is 3.35. The molecular weight excluding hydrogens is 386 g/mol. The number of aromatic nitrogens is 3. The number of amides is 1. The molecule has 2 heterocycles. The Morgan fingerprint density at radius 2 is 1.93 bits per heavy atom. The third-order valence-electron chi connectivity index (χ3n) is 4.76. The highest BCUT2D eigenvalue weighted by Gasteiger charge is 2.37. The highest BCUT2D eigenvalue weighted by atomic mass is 32.2. The molecule has 0 saturated heterocycles. The second-order valence-electron chi connectivity index (χ2n) is 6.73. The lowest BCUT2D eigenvalue weighted by atomic mass is 10.0. The summed E-state index contributed by atoms with van der Waals surface area (Å²) < 4.78 is 7.28. The molecule has 2 N–H and O–H groups in total. The maximum atomic E-state index is 13.3. The lowest BCUT2D eigenvalue weighted by Gasteiger charge is -2.33. The third kappa shape index (κ3) is 3.93. The van der Waals surface area contributed by atoms with Crippen molar-refractivity contribution in [2.45, 2.75) is 36.2 Å². The molecule has 3 aromatic rings. The molecule has 1 aliphatic rings. The Hall–Kier alpha value is -3.00. The molecule has 29 heavy (non-hydrogen) atoms. The van der Waals surface area contributed by atoms with Crippen LogP contribution in [0.3, 0.4) is 0 Å². The van der Waals surface area contributed by atoms with E-state index in [9.17, 15) is 4.79 Å². The number of methoxy groups -OCH3 is 1. The maximum absolute atomic E-state index is 13.3. The molecule has 0 aliphatic carbocycles. The quantitative estimate of drug-likeness (QED) is 0.647. The Kier molecular flexibility index (Phi) is 5.71. The van der Waals surface area contributed by atoms with Crippen molar-refractivity contribution >= 4 is 23.4 Å². The van der Waals surface area contributed by atoms with Crippen LogP contribution in [0, 0.1) is 0 Å². The van der Waals surface area contributed by atoms with E-state index in [1.54, 1.807) is 7.11 Å². The van der Waals surface area contributed by atoms with Gasteiger partial charge in [0, 0.05) is 6.42 Å². The monoisotopic (exact) mass is 409 g/mol. The van der Waals surface area contributed by atoms with Crippen molar-refractivity contribution in [2.75, 3.05) is 17.9 Å². The number of aryl methyl sites for hydroxylation is 1. The number of nitrogens with zero attached hydrogens (tertiary/aromatic N) is 3. The summed E-state index contributed by atoms with van der Waals surface area (Å²) in [6.07, 6.45) is 1.79. The summed E-state index contributed by atoms with van der Waals surface area (Å²) in [6, 6.07) is 17.1. The van der Waals surface area contributed by atoms with Gasteiger partial charge in [0.1, 0.15) is 11.0 Å². The molecule has 1 amide bonds. The third-order valence-corrected chi connectivity index (χ3v) is 5.97. The van der Waals surface area contributed by atoms with E-state index in [4.69, 9.17) is 4.74 Å². The van der Waals surface area contributed by atoms with E-state index in [-0.39, 0.29) is 11.9 Å². The minimum absolute atomic E-state index is 0.118. The summed E-state index contributed by atoms with van der Waals surface area (Å²) in [7, 11) is 1.59. The van der Waals surface area contributed by atoms with Crippen LogP contribution in [0.15, 0.2) is 59.8 Å². The Labute approximate surface area is 173 Å². The van der Waals surface area contributed by atoms with Crippen LogP contribution in [0.2, 0.25) is 0 Å². The van der Waals surface area contributed by atoms with Crippen LogP contribution in [0.1, 0.15) is 30.8 Å².